The quantitative estimate of drug-likeness (QED) is 0.700. The van der Waals surface area contributed by atoms with Gasteiger partial charge in [0.2, 0.25) is 5.88 Å². The predicted octanol–water partition coefficient (Wildman–Crippen LogP) is 3.33. The molecule has 0 radical (unpaired) electrons. The number of aliphatic hydroxyl groups is 1. The molecule has 1 aliphatic carbocycles. The van der Waals surface area contributed by atoms with E-state index in [-0.39, 0.29) is 6.61 Å². The molecule has 2 aromatic heterocycles. The molecule has 1 fully saturated rings. The number of nitrogens with zero attached hydrogens (tertiary/aromatic N) is 4. The molecule has 0 bridgehead atoms. The summed E-state index contributed by atoms with van der Waals surface area (Å²) < 4.78 is 8.68. The van der Waals surface area contributed by atoms with Gasteiger partial charge >= 0.3 is 0 Å². The van der Waals surface area contributed by atoms with E-state index >= 15 is 0 Å². The zero-order valence-electron chi connectivity index (χ0n) is 13.0. The molecule has 1 aromatic carbocycles. The Morgan fingerprint density at radius 1 is 1.29 bits per heavy atom. The summed E-state index contributed by atoms with van der Waals surface area (Å²) in [7, 11) is 0. The number of hydrogen-bond donors (Lipinski definition) is 1. The molecule has 0 unspecified atom stereocenters. The Labute approximate surface area is 147 Å². The van der Waals surface area contributed by atoms with Crippen LogP contribution in [0, 0.1) is 5.92 Å². The van der Waals surface area contributed by atoms with Crippen molar-refractivity contribution in [3.8, 4) is 11.6 Å². The van der Waals surface area contributed by atoms with E-state index in [0.717, 1.165) is 33.5 Å². The summed E-state index contributed by atoms with van der Waals surface area (Å²) in [5.74, 6) is 1.87. The van der Waals surface area contributed by atoms with Crippen LogP contribution in [-0.2, 0) is 13.0 Å². The first kappa shape index (κ1) is 15.5. The van der Waals surface area contributed by atoms with Crippen LogP contribution in [0.15, 0.2) is 34.9 Å². The maximum Gasteiger partial charge on any atom is 0.222 e. The molecule has 0 saturated heterocycles. The highest BCUT2D eigenvalue weighted by Crippen LogP contribution is 2.36. The smallest absolute Gasteiger partial charge is 0.222 e. The molecular formula is C17H17BrN4O2. The molecule has 4 rings (SSSR count). The second kappa shape index (κ2) is 6.49. The summed E-state index contributed by atoms with van der Waals surface area (Å²) in [6.45, 7) is 0.974. The van der Waals surface area contributed by atoms with Crippen molar-refractivity contribution in [3.05, 3.63) is 40.5 Å². The standard InChI is InChI=1S/C17H17BrN4O2/c18-15-14(24-17-12(7-9-23)2-1-8-19-17)6-5-13-16(15)20-21-22(13)10-11-3-4-11/h1-2,5-6,8,11,23H,3-4,7,9-10H2. The van der Waals surface area contributed by atoms with Crippen molar-refractivity contribution in [2.75, 3.05) is 6.61 Å². The number of ether oxygens (including phenoxy) is 1. The third kappa shape index (κ3) is 3.01. The molecule has 0 aliphatic heterocycles. The number of rotatable bonds is 6. The van der Waals surface area contributed by atoms with Crippen molar-refractivity contribution in [2.24, 2.45) is 5.92 Å². The van der Waals surface area contributed by atoms with E-state index in [4.69, 9.17) is 4.74 Å². The van der Waals surface area contributed by atoms with Gasteiger partial charge in [0, 0.05) is 31.3 Å². The highest BCUT2D eigenvalue weighted by molar-refractivity contribution is 9.10. The van der Waals surface area contributed by atoms with Gasteiger partial charge in [-0.25, -0.2) is 9.67 Å². The van der Waals surface area contributed by atoms with Crippen molar-refractivity contribution in [1.29, 1.82) is 0 Å². The zero-order valence-corrected chi connectivity index (χ0v) is 14.6. The van der Waals surface area contributed by atoms with Crippen LogP contribution in [0.3, 0.4) is 0 Å². The topological polar surface area (TPSA) is 73.1 Å². The van der Waals surface area contributed by atoms with Gasteiger partial charge in [0.15, 0.2) is 0 Å². The Kier molecular flexibility index (Phi) is 4.20. The van der Waals surface area contributed by atoms with Gasteiger partial charge in [-0.05, 0) is 52.9 Å². The second-order valence-electron chi connectivity index (χ2n) is 6.00. The molecule has 24 heavy (non-hydrogen) atoms. The number of pyridine rings is 1. The molecule has 3 aromatic rings. The van der Waals surface area contributed by atoms with Crippen LogP contribution in [0.2, 0.25) is 0 Å². The first-order valence-corrected chi connectivity index (χ1v) is 8.80. The third-order valence-electron chi connectivity index (χ3n) is 4.16. The van der Waals surface area contributed by atoms with Crippen LogP contribution >= 0.6 is 15.9 Å². The number of fused-ring (bicyclic) bond motifs is 1. The highest BCUT2D eigenvalue weighted by Gasteiger charge is 2.24. The minimum atomic E-state index is 0.0533. The average Bonchev–Trinajstić information content (AvgIpc) is 3.31. The van der Waals surface area contributed by atoms with Gasteiger partial charge in [0.1, 0.15) is 11.3 Å². The van der Waals surface area contributed by atoms with Gasteiger partial charge < -0.3 is 9.84 Å². The van der Waals surface area contributed by atoms with Gasteiger partial charge in [0.25, 0.3) is 0 Å². The van der Waals surface area contributed by atoms with Gasteiger partial charge in [0.05, 0.1) is 9.99 Å². The van der Waals surface area contributed by atoms with Crippen LogP contribution in [0.4, 0.5) is 0 Å². The summed E-state index contributed by atoms with van der Waals surface area (Å²) in [5, 5.41) is 17.7. The normalized spacial score (nSPS) is 14.2. The third-order valence-corrected chi connectivity index (χ3v) is 4.92. The molecule has 0 amide bonds. The Morgan fingerprint density at radius 2 is 2.17 bits per heavy atom. The van der Waals surface area contributed by atoms with Gasteiger partial charge in [-0.3, -0.25) is 0 Å². The predicted molar refractivity (Wildman–Crippen MR) is 93.1 cm³/mol. The fraction of sp³-hybridized carbons (Fsp3) is 0.353. The molecule has 1 N–H and O–H groups in total. The van der Waals surface area contributed by atoms with E-state index in [2.05, 4.69) is 31.2 Å². The van der Waals surface area contributed by atoms with Crippen LogP contribution in [-0.4, -0.2) is 31.7 Å². The highest BCUT2D eigenvalue weighted by atomic mass is 79.9. The van der Waals surface area contributed by atoms with Crippen molar-refractivity contribution in [1.82, 2.24) is 20.0 Å². The van der Waals surface area contributed by atoms with Crippen molar-refractivity contribution >= 4 is 27.0 Å². The Morgan fingerprint density at radius 3 is 2.96 bits per heavy atom. The molecule has 0 atom stereocenters. The van der Waals surface area contributed by atoms with Gasteiger partial charge in [-0.2, -0.15) is 0 Å². The Balaban J connectivity index is 1.66. The Bertz CT molecular complexity index is 876. The molecule has 7 heteroatoms. The molecule has 1 saturated carbocycles. The van der Waals surface area contributed by atoms with E-state index < -0.39 is 0 Å². The molecule has 6 nitrogen and oxygen atoms in total. The zero-order chi connectivity index (χ0) is 16.5. The summed E-state index contributed by atoms with van der Waals surface area (Å²) >= 11 is 3.58. The van der Waals surface area contributed by atoms with Crippen LogP contribution in [0.25, 0.3) is 11.0 Å². The first-order valence-electron chi connectivity index (χ1n) is 8.00. The van der Waals surface area contributed by atoms with Crippen LogP contribution in [0.5, 0.6) is 11.6 Å². The van der Waals surface area contributed by atoms with Crippen molar-refractivity contribution in [2.45, 2.75) is 25.8 Å². The molecule has 0 spiro atoms. The minimum Gasteiger partial charge on any atom is -0.437 e. The Hall–Kier alpha value is -1.99. The van der Waals surface area contributed by atoms with E-state index in [1.165, 1.54) is 12.8 Å². The van der Waals surface area contributed by atoms with E-state index in [1.54, 1.807) is 6.20 Å². The fourth-order valence-electron chi connectivity index (χ4n) is 2.68. The lowest BCUT2D eigenvalue weighted by molar-refractivity contribution is 0.297. The summed E-state index contributed by atoms with van der Waals surface area (Å²) in [6.07, 6.45) is 4.73. The number of aromatic nitrogens is 4. The lowest BCUT2D eigenvalue weighted by Crippen LogP contribution is -2.01. The van der Waals surface area contributed by atoms with Crippen LogP contribution in [0.1, 0.15) is 18.4 Å². The molecule has 1 aliphatic rings. The number of benzene rings is 1. The van der Waals surface area contributed by atoms with Crippen molar-refractivity contribution < 1.29 is 9.84 Å². The fourth-order valence-corrected chi connectivity index (χ4v) is 3.17. The van der Waals surface area contributed by atoms with E-state index in [1.807, 2.05) is 28.9 Å². The van der Waals surface area contributed by atoms with E-state index in [0.29, 0.717) is 18.1 Å². The molecular weight excluding hydrogens is 372 g/mol. The monoisotopic (exact) mass is 388 g/mol. The van der Waals surface area contributed by atoms with Gasteiger partial charge in [-0.15, -0.1) is 5.10 Å². The van der Waals surface area contributed by atoms with Gasteiger partial charge in [-0.1, -0.05) is 11.3 Å². The summed E-state index contributed by atoms with van der Waals surface area (Å²) in [4.78, 5) is 4.27. The van der Waals surface area contributed by atoms with Crippen LogP contribution < -0.4 is 4.74 Å². The summed E-state index contributed by atoms with van der Waals surface area (Å²) in [5.41, 5.74) is 2.65. The SMILES string of the molecule is OCCc1cccnc1Oc1ccc2c(nnn2CC2CC2)c1Br. The molecule has 2 heterocycles. The largest absolute Gasteiger partial charge is 0.437 e. The maximum atomic E-state index is 9.17. The first-order chi connectivity index (χ1) is 11.8. The average molecular weight is 389 g/mol. The number of hydrogen-bond acceptors (Lipinski definition) is 5. The number of aliphatic hydroxyl groups excluding tert-OH is 1. The van der Waals surface area contributed by atoms with Crippen molar-refractivity contribution in [3.63, 3.8) is 0 Å². The lowest BCUT2D eigenvalue weighted by atomic mass is 10.2. The summed E-state index contributed by atoms with van der Waals surface area (Å²) in [6, 6.07) is 7.61. The molecule has 124 valence electrons. The maximum absolute atomic E-state index is 9.17. The lowest BCUT2D eigenvalue weighted by Gasteiger charge is -2.10. The minimum absolute atomic E-state index is 0.0533. The number of halogens is 1. The second-order valence-corrected chi connectivity index (χ2v) is 6.80. The van der Waals surface area contributed by atoms with E-state index in [9.17, 15) is 5.11 Å².